The van der Waals surface area contributed by atoms with E-state index in [1.807, 2.05) is 25.5 Å². The monoisotopic (exact) mass is 458 g/mol. The normalized spacial score (nSPS) is 24.9. The summed E-state index contributed by atoms with van der Waals surface area (Å²) in [6.07, 6.45) is 1.55. The van der Waals surface area contributed by atoms with Crippen LogP contribution < -0.4 is 4.90 Å². The van der Waals surface area contributed by atoms with Crippen LogP contribution in [-0.4, -0.2) is 78.5 Å². The lowest BCUT2D eigenvalue weighted by molar-refractivity contribution is -0.0988. The van der Waals surface area contributed by atoms with E-state index in [1.54, 1.807) is 7.11 Å². The molecular weight excluding hydrogens is 416 g/mol. The van der Waals surface area contributed by atoms with Crippen molar-refractivity contribution in [2.45, 2.75) is 65.3 Å². The van der Waals surface area contributed by atoms with E-state index in [0.29, 0.717) is 0 Å². The molecule has 1 aliphatic heterocycles. The van der Waals surface area contributed by atoms with E-state index in [4.69, 9.17) is 14.6 Å². The molecule has 33 heavy (non-hydrogen) atoms. The molecule has 1 saturated carbocycles. The lowest BCUT2D eigenvalue weighted by Crippen LogP contribution is -2.52. The number of benzene rings is 1. The van der Waals surface area contributed by atoms with Gasteiger partial charge in [-0.15, -0.1) is 0 Å². The molecule has 0 radical (unpaired) electrons. The van der Waals surface area contributed by atoms with E-state index in [9.17, 15) is 5.11 Å². The first-order valence-corrected chi connectivity index (χ1v) is 12.5. The van der Waals surface area contributed by atoms with Gasteiger partial charge in [-0.1, -0.05) is 39.8 Å². The third-order valence-corrected chi connectivity index (χ3v) is 6.95. The third-order valence-electron chi connectivity index (χ3n) is 6.95. The number of rotatable bonds is 8. The number of anilines is 1. The van der Waals surface area contributed by atoms with E-state index >= 15 is 0 Å². The van der Waals surface area contributed by atoms with Gasteiger partial charge in [-0.25, -0.2) is 0 Å². The van der Waals surface area contributed by atoms with Crippen LogP contribution >= 0.6 is 0 Å². The SMILES string of the molecule is CC.CCN(CC)Cn1cc(C2C(O)C(c3ccc(N4CCOCC4)cc3)C2OC)c(C)n1. The van der Waals surface area contributed by atoms with Crippen LogP contribution in [0.2, 0.25) is 0 Å². The fourth-order valence-electron chi connectivity index (χ4n) is 5.02. The number of aromatic nitrogens is 2. The van der Waals surface area contributed by atoms with E-state index in [1.165, 1.54) is 5.69 Å². The maximum atomic E-state index is 11.1. The van der Waals surface area contributed by atoms with Crippen LogP contribution in [0.4, 0.5) is 5.69 Å². The molecular formula is C26H42N4O3. The Morgan fingerprint density at radius 3 is 2.30 bits per heavy atom. The Morgan fingerprint density at radius 2 is 1.73 bits per heavy atom. The molecule has 1 aromatic heterocycles. The number of aliphatic hydroxyl groups is 1. The minimum Gasteiger partial charge on any atom is -0.392 e. The first-order chi connectivity index (χ1) is 16.1. The summed E-state index contributed by atoms with van der Waals surface area (Å²) in [5.74, 6) is -0.0846. The molecule has 1 saturated heterocycles. The van der Waals surface area contributed by atoms with Gasteiger partial charge in [0.25, 0.3) is 0 Å². The number of aliphatic hydroxyl groups excluding tert-OH is 1. The zero-order chi connectivity index (χ0) is 24.0. The van der Waals surface area contributed by atoms with Crippen molar-refractivity contribution in [1.82, 2.24) is 14.7 Å². The summed E-state index contributed by atoms with van der Waals surface area (Å²) in [5.41, 5.74) is 4.40. The van der Waals surface area contributed by atoms with Gasteiger partial charge >= 0.3 is 0 Å². The van der Waals surface area contributed by atoms with Crippen LogP contribution in [0.15, 0.2) is 30.5 Å². The number of ether oxygens (including phenoxy) is 2. The van der Waals surface area contributed by atoms with Crippen LogP contribution in [0.1, 0.15) is 56.4 Å². The maximum Gasteiger partial charge on any atom is 0.0928 e. The molecule has 2 heterocycles. The predicted molar refractivity (Wildman–Crippen MR) is 133 cm³/mol. The molecule has 184 valence electrons. The number of hydrogen-bond donors (Lipinski definition) is 1. The molecule has 2 aromatic rings. The van der Waals surface area contributed by atoms with Crippen molar-refractivity contribution < 1.29 is 14.6 Å². The average Bonchev–Trinajstić information content (AvgIpc) is 3.22. The summed E-state index contributed by atoms with van der Waals surface area (Å²) in [4.78, 5) is 4.66. The Bertz CT molecular complexity index is 844. The summed E-state index contributed by atoms with van der Waals surface area (Å²) >= 11 is 0. The molecule has 0 amide bonds. The largest absolute Gasteiger partial charge is 0.392 e. The molecule has 4 rings (SSSR count). The smallest absolute Gasteiger partial charge is 0.0928 e. The fourth-order valence-corrected chi connectivity index (χ4v) is 5.02. The Labute approximate surface area is 199 Å². The molecule has 2 fully saturated rings. The number of morpholine rings is 1. The fraction of sp³-hybridized carbons (Fsp3) is 0.654. The highest BCUT2D eigenvalue weighted by molar-refractivity contribution is 5.49. The van der Waals surface area contributed by atoms with Crippen LogP contribution in [0, 0.1) is 6.92 Å². The van der Waals surface area contributed by atoms with Gasteiger partial charge in [0, 0.05) is 49.5 Å². The average molecular weight is 459 g/mol. The summed E-state index contributed by atoms with van der Waals surface area (Å²) in [5, 5.41) is 15.9. The predicted octanol–water partition coefficient (Wildman–Crippen LogP) is 3.61. The standard InChI is InChI=1S/C24H36N4O3.C2H6/c1-5-26(6-2)16-28-15-20(17(3)25-28)22-23(29)21(24(22)30-4)18-7-9-19(10-8-18)27-11-13-31-14-12-27;1-2/h7-10,15,21-24,29H,5-6,11-14,16H2,1-4H3;1-2H3. The van der Waals surface area contributed by atoms with Crippen molar-refractivity contribution in [2.75, 3.05) is 51.4 Å². The quantitative estimate of drug-likeness (QED) is 0.652. The van der Waals surface area contributed by atoms with Gasteiger partial charge in [0.2, 0.25) is 0 Å². The molecule has 0 bridgehead atoms. The molecule has 7 nitrogen and oxygen atoms in total. The van der Waals surface area contributed by atoms with Crippen LogP contribution in [0.25, 0.3) is 0 Å². The van der Waals surface area contributed by atoms with Gasteiger partial charge in [0.1, 0.15) is 0 Å². The van der Waals surface area contributed by atoms with Crippen molar-refractivity contribution in [3.8, 4) is 0 Å². The Morgan fingerprint density at radius 1 is 1.09 bits per heavy atom. The Kier molecular flexibility index (Phi) is 9.32. The topological polar surface area (TPSA) is 63.0 Å². The van der Waals surface area contributed by atoms with Crippen LogP contribution in [0.3, 0.4) is 0 Å². The minimum atomic E-state index is -0.482. The second-order valence-corrected chi connectivity index (χ2v) is 8.59. The molecule has 4 unspecified atom stereocenters. The van der Waals surface area contributed by atoms with Gasteiger partial charge < -0.3 is 19.5 Å². The number of hydrogen-bond acceptors (Lipinski definition) is 6. The zero-order valence-corrected chi connectivity index (χ0v) is 21.2. The van der Waals surface area contributed by atoms with Crippen molar-refractivity contribution in [3.63, 3.8) is 0 Å². The molecule has 2 aliphatic rings. The second kappa shape index (κ2) is 12.0. The van der Waals surface area contributed by atoms with Crippen LogP contribution in [0.5, 0.6) is 0 Å². The second-order valence-electron chi connectivity index (χ2n) is 8.59. The lowest BCUT2D eigenvalue weighted by atomic mass is 9.63. The number of aryl methyl sites for hydroxylation is 1. The van der Waals surface area contributed by atoms with Crippen molar-refractivity contribution in [1.29, 1.82) is 0 Å². The maximum absolute atomic E-state index is 11.1. The van der Waals surface area contributed by atoms with Crippen molar-refractivity contribution in [3.05, 3.63) is 47.3 Å². The first kappa shape index (κ1) is 25.7. The van der Waals surface area contributed by atoms with Gasteiger partial charge in [-0.3, -0.25) is 9.58 Å². The number of methoxy groups -OCH3 is 1. The minimum absolute atomic E-state index is 0.0285. The van der Waals surface area contributed by atoms with E-state index < -0.39 is 6.10 Å². The highest BCUT2D eigenvalue weighted by Crippen LogP contribution is 2.50. The molecule has 1 aliphatic carbocycles. The summed E-state index contributed by atoms with van der Waals surface area (Å²) in [6, 6.07) is 8.58. The van der Waals surface area contributed by atoms with E-state index in [2.05, 4.69) is 54.1 Å². The summed E-state index contributed by atoms with van der Waals surface area (Å²) < 4.78 is 13.3. The molecule has 4 atom stereocenters. The van der Waals surface area contributed by atoms with Crippen LogP contribution in [-0.2, 0) is 16.1 Å². The Balaban J connectivity index is 0.00000149. The van der Waals surface area contributed by atoms with Gasteiger partial charge in [0.15, 0.2) is 0 Å². The molecule has 7 heteroatoms. The zero-order valence-electron chi connectivity index (χ0n) is 21.2. The van der Waals surface area contributed by atoms with E-state index in [-0.39, 0.29) is 17.9 Å². The number of nitrogens with zero attached hydrogens (tertiary/aromatic N) is 4. The lowest BCUT2D eigenvalue weighted by Gasteiger charge is -2.48. The summed E-state index contributed by atoms with van der Waals surface area (Å²) in [7, 11) is 1.74. The molecule has 0 spiro atoms. The third kappa shape index (κ3) is 5.43. The van der Waals surface area contributed by atoms with Crippen molar-refractivity contribution >= 4 is 5.69 Å². The van der Waals surface area contributed by atoms with E-state index in [0.717, 1.165) is 62.9 Å². The van der Waals surface area contributed by atoms with Gasteiger partial charge in [0.05, 0.1) is 37.8 Å². The Hall–Kier alpha value is -1.93. The molecule has 1 aromatic carbocycles. The van der Waals surface area contributed by atoms with Gasteiger partial charge in [-0.05, 0) is 37.7 Å². The van der Waals surface area contributed by atoms with Gasteiger partial charge in [-0.2, -0.15) is 5.10 Å². The highest BCUT2D eigenvalue weighted by atomic mass is 16.5. The molecule has 1 N–H and O–H groups in total. The first-order valence-electron chi connectivity index (χ1n) is 12.5. The summed E-state index contributed by atoms with van der Waals surface area (Å²) in [6.45, 7) is 16.5. The van der Waals surface area contributed by atoms with Crippen molar-refractivity contribution in [2.24, 2.45) is 0 Å². The highest BCUT2D eigenvalue weighted by Gasteiger charge is 2.52.